The van der Waals surface area contributed by atoms with Crippen LogP contribution in [0.2, 0.25) is 5.02 Å². The molecule has 0 fully saturated rings. The number of hydrogen-bond donors (Lipinski definition) is 1. The zero-order valence-electron chi connectivity index (χ0n) is 9.99. The van der Waals surface area contributed by atoms with Crippen molar-refractivity contribution in [3.05, 3.63) is 59.9 Å². The van der Waals surface area contributed by atoms with Gasteiger partial charge in [0, 0.05) is 11.2 Å². The summed E-state index contributed by atoms with van der Waals surface area (Å²) in [5.74, 6) is 0. The molecule has 2 heterocycles. The molecule has 2 N–H and O–H groups in total. The fourth-order valence-electron chi connectivity index (χ4n) is 1.82. The smallest absolute Gasteiger partial charge is 0.134 e. The van der Waals surface area contributed by atoms with Crippen LogP contribution in [0, 0.1) is 0 Å². The van der Waals surface area contributed by atoms with Gasteiger partial charge in [-0.25, -0.2) is 4.68 Å². The quantitative estimate of drug-likeness (QED) is 0.778. The zero-order chi connectivity index (χ0) is 13.2. The van der Waals surface area contributed by atoms with Crippen LogP contribution in [0.5, 0.6) is 0 Å². The Morgan fingerprint density at radius 1 is 1.05 bits per heavy atom. The summed E-state index contributed by atoms with van der Waals surface area (Å²) >= 11 is 5.87. The van der Waals surface area contributed by atoms with Crippen LogP contribution in [-0.4, -0.2) is 14.8 Å². The van der Waals surface area contributed by atoms with E-state index in [1.54, 1.807) is 17.1 Å². The Labute approximate surface area is 115 Å². The second kappa shape index (κ2) is 4.74. The van der Waals surface area contributed by atoms with Crippen LogP contribution in [0.1, 0.15) is 0 Å². The van der Waals surface area contributed by atoms with Crippen LogP contribution in [0.15, 0.2) is 54.9 Å². The van der Waals surface area contributed by atoms with Crippen molar-refractivity contribution >= 4 is 17.3 Å². The Morgan fingerprint density at radius 2 is 1.84 bits per heavy atom. The molecule has 94 valence electrons. The molecule has 4 nitrogen and oxygen atoms in total. The minimum atomic E-state index is 0.591. The summed E-state index contributed by atoms with van der Waals surface area (Å²) < 4.78 is 1.72. The number of nitrogen functional groups attached to an aromatic ring is 1. The van der Waals surface area contributed by atoms with E-state index in [0.29, 0.717) is 16.4 Å². The van der Waals surface area contributed by atoms with Crippen LogP contribution < -0.4 is 5.73 Å². The van der Waals surface area contributed by atoms with Crippen LogP contribution in [0.3, 0.4) is 0 Å². The van der Waals surface area contributed by atoms with E-state index in [1.165, 1.54) is 0 Å². The molecule has 0 amide bonds. The fourth-order valence-corrected chi connectivity index (χ4v) is 1.94. The minimum Gasteiger partial charge on any atom is -0.396 e. The number of nitrogens with zero attached hydrogens (tertiary/aromatic N) is 3. The number of aromatic nitrogens is 3. The SMILES string of the molecule is Nc1cn(-c2ccc(Cl)cc2)nc1-c1ccccn1. The summed E-state index contributed by atoms with van der Waals surface area (Å²) in [5.41, 5.74) is 8.92. The maximum absolute atomic E-state index is 5.99. The first-order valence-electron chi connectivity index (χ1n) is 5.76. The average molecular weight is 271 g/mol. The van der Waals surface area contributed by atoms with E-state index in [-0.39, 0.29) is 0 Å². The molecule has 0 aliphatic rings. The van der Waals surface area contributed by atoms with Gasteiger partial charge in [0.25, 0.3) is 0 Å². The summed E-state index contributed by atoms with van der Waals surface area (Å²) in [6.07, 6.45) is 3.49. The second-order valence-electron chi connectivity index (χ2n) is 4.07. The molecule has 2 aromatic heterocycles. The number of rotatable bonds is 2. The number of anilines is 1. The van der Waals surface area contributed by atoms with E-state index in [9.17, 15) is 0 Å². The molecule has 0 bridgehead atoms. The molecule has 0 saturated heterocycles. The van der Waals surface area contributed by atoms with Gasteiger partial charge in [-0.05, 0) is 36.4 Å². The third kappa shape index (κ3) is 2.30. The Bertz CT molecular complexity index is 689. The lowest BCUT2D eigenvalue weighted by Crippen LogP contribution is -1.94. The summed E-state index contributed by atoms with van der Waals surface area (Å²) in [6.45, 7) is 0. The largest absolute Gasteiger partial charge is 0.396 e. The van der Waals surface area contributed by atoms with Gasteiger partial charge in [-0.15, -0.1) is 0 Å². The van der Waals surface area contributed by atoms with Crippen LogP contribution in [0.25, 0.3) is 17.1 Å². The number of hydrogen-bond acceptors (Lipinski definition) is 3. The lowest BCUT2D eigenvalue weighted by molar-refractivity contribution is 0.882. The Hall–Kier alpha value is -2.33. The molecule has 0 saturated carbocycles. The van der Waals surface area contributed by atoms with Crippen molar-refractivity contribution in [1.82, 2.24) is 14.8 Å². The number of pyridine rings is 1. The number of halogens is 1. The molecule has 3 rings (SSSR count). The molecule has 0 unspecified atom stereocenters. The van der Waals surface area contributed by atoms with Crippen LogP contribution in [0.4, 0.5) is 5.69 Å². The molecule has 0 aliphatic heterocycles. The molecule has 3 aromatic rings. The maximum Gasteiger partial charge on any atom is 0.134 e. The molecular weight excluding hydrogens is 260 g/mol. The van der Waals surface area contributed by atoms with Crippen molar-refractivity contribution in [2.24, 2.45) is 0 Å². The summed E-state index contributed by atoms with van der Waals surface area (Å²) in [7, 11) is 0. The van der Waals surface area contributed by atoms with E-state index in [0.717, 1.165) is 11.4 Å². The van der Waals surface area contributed by atoms with Gasteiger partial charge in [-0.2, -0.15) is 5.10 Å². The number of benzene rings is 1. The van der Waals surface area contributed by atoms with Gasteiger partial charge in [0.2, 0.25) is 0 Å². The summed E-state index contributed by atoms with van der Waals surface area (Å²) in [5, 5.41) is 5.15. The van der Waals surface area contributed by atoms with Crippen molar-refractivity contribution in [1.29, 1.82) is 0 Å². The highest BCUT2D eigenvalue weighted by Crippen LogP contribution is 2.23. The van der Waals surface area contributed by atoms with Crippen LogP contribution in [-0.2, 0) is 0 Å². The van der Waals surface area contributed by atoms with Crippen molar-refractivity contribution in [3.8, 4) is 17.1 Å². The first-order valence-corrected chi connectivity index (χ1v) is 6.14. The first kappa shape index (κ1) is 11.7. The minimum absolute atomic E-state index is 0.591. The van der Waals surface area contributed by atoms with E-state index in [1.807, 2.05) is 42.5 Å². The molecule has 0 radical (unpaired) electrons. The molecule has 5 heteroatoms. The van der Waals surface area contributed by atoms with Gasteiger partial charge >= 0.3 is 0 Å². The maximum atomic E-state index is 5.99. The summed E-state index contributed by atoms with van der Waals surface area (Å²) in [4.78, 5) is 4.25. The Kier molecular flexibility index (Phi) is 2.93. The monoisotopic (exact) mass is 270 g/mol. The third-order valence-electron chi connectivity index (χ3n) is 2.74. The standard InChI is InChI=1S/C14H11ClN4/c15-10-4-6-11(7-5-10)19-9-12(16)14(18-19)13-3-1-2-8-17-13/h1-9H,16H2. The summed E-state index contributed by atoms with van der Waals surface area (Å²) in [6, 6.07) is 13.0. The van der Waals surface area contributed by atoms with Gasteiger partial charge < -0.3 is 5.73 Å². The van der Waals surface area contributed by atoms with Gasteiger partial charge in [-0.3, -0.25) is 4.98 Å². The van der Waals surface area contributed by atoms with Gasteiger partial charge in [-0.1, -0.05) is 17.7 Å². The average Bonchev–Trinajstić information content (AvgIpc) is 2.83. The molecular formula is C14H11ClN4. The van der Waals surface area contributed by atoms with Crippen molar-refractivity contribution in [2.45, 2.75) is 0 Å². The van der Waals surface area contributed by atoms with Gasteiger partial charge in [0.1, 0.15) is 5.69 Å². The van der Waals surface area contributed by atoms with Crippen molar-refractivity contribution < 1.29 is 0 Å². The van der Waals surface area contributed by atoms with Gasteiger partial charge in [0.05, 0.1) is 23.3 Å². The highest BCUT2D eigenvalue weighted by atomic mass is 35.5. The second-order valence-corrected chi connectivity index (χ2v) is 4.51. The molecule has 0 atom stereocenters. The van der Waals surface area contributed by atoms with Crippen molar-refractivity contribution in [3.63, 3.8) is 0 Å². The first-order chi connectivity index (χ1) is 9.24. The predicted octanol–water partition coefficient (Wildman–Crippen LogP) is 3.17. The van der Waals surface area contributed by atoms with Crippen molar-refractivity contribution in [2.75, 3.05) is 5.73 Å². The van der Waals surface area contributed by atoms with Crippen LogP contribution >= 0.6 is 11.6 Å². The van der Waals surface area contributed by atoms with E-state index in [4.69, 9.17) is 17.3 Å². The molecule has 1 aromatic carbocycles. The third-order valence-corrected chi connectivity index (χ3v) is 2.99. The molecule has 19 heavy (non-hydrogen) atoms. The topological polar surface area (TPSA) is 56.7 Å². The van der Waals surface area contributed by atoms with Gasteiger partial charge in [0.15, 0.2) is 0 Å². The highest BCUT2D eigenvalue weighted by Gasteiger charge is 2.10. The Morgan fingerprint density at radius 3 is 2.53 bits per heavy atom. The normalized spacial score (nSPS) is 10.6. The fraction of sp³-hybridized carbons (Fsp3) is 0. The zero-order valence-corrected chi connectivity index (χ0v) is 10.7. The Balaban J connectivity index is 2.04. The highest BCUT2D eigenvalue weighted by molar-refractivity contribution is 6.30. The predicted molar refractivity (Wildman–Crippen MR) is 76.2 cm³/mol. The lowest BCUT2D eigenvalue weighted by atomic mass is 10.2. The molecule has 0 spiro atoms. The van der Waals surface area contributed by atoms with E-state index < -0.39 is 0 Å². The van der Waals surface area contributed by atoms with E-state index in [2.05, 4.69) is 10.1 Å². The van der Waals surface area contributed by atoms with E-state index >= 15 is 0 Å². The number of nitrogens with two attached hydrogens (primary N) is 1. The lowest BCUT2D eigenvalue weighted by Gasteiger charge is -2.00. The molecule has 0 aliphatic carbocycles.